The molecule has 0 aromatic heterocycles. The fourth-order valence-electron chi connectivity index (χ4n) is 1.60. The van der Waals surface area contributed by atoms with Crippen molar-refractivity contribution in [1.82, 2.24) is 5.32 Å². The summed E-state index contributed by atoms with van der Waals surface area (Å²) in [6, 6.07) is 3.89. The van der Waals surface area contributed by atoms with Crippen molar-refractivity contribution in [2.24, 2.45) is 5.92 Å². The van der Waals surface area contributed by atoms with Crippen LogP contribution >= 0.6 is 0 Å². The van der Waals surface area contributed by atoms with Gasteiger partial charge in [-0.05, 0) is 43.5 Å². The minimum absolute atomic E-state index is 0.0359. The van der Waals surface area contributed by atoms with Gasteiger partial charge in [-0.25, -0.2) is 8.78 Å². The lowest BCUT2D eigenvalue weighted by Gasteiger charge is -2.17. The van der Waals surface area contributed by atoms with E-state index in [4.69, 9.17) is 5.11 Å². The van der Waals surface area contributed by atoms with Gasteiger partial charge in [-0.2, -0.15) is 0 Å². The molecule has 0 fully saturated rings. The second-order valence-electron chi connectivity index (χ2n) is 4.42. The molecule has 0 aliphatic carbocycles. The van der Waals surface area contributed by atoms with Crippen LogP contribution in [-0.2, 0) is 0 Å². The summed E-state index contributed by atoms with van der Waals surface area (Å²) in [5.41, 5.74) is 0.722. The largest absolute Gasteiger partial charge is 0.396 e. The molecule has 0 heterocycles. The molecule has 2 unspecified atom stereocenters. The third-order valence-electron chi connectivity index (χ3n) is 2.84. The lowest BCUT2D eigenvalue weighted by Crippen LogP contribution is -2.25. The highest BCUT2D eigenvalue weighted by Crippen LogP contribution is 2.16. The van der Waals surface area contributed by atoms with E-state index < -0.39 is 11.6 Å². The Morgan fingerprint density at radius 3 is 2.53 bits per heavy atom. The Morgan fingerprint density at radius 1 is 1.24 bits per heavy atom. The smallest absolute Gasteiger partial charge is 0.159 e. The van der Waals surface area contributed by atoms with Gasteiger partial charge in [0.15, 0.2) is 11.6 Å². The first kappa shape index (κ1) is 14.1. The predicted molar refractivity (Wildman–Crippen MR) is 63.6 cm³/mol. The molecule has 0 saturated heterocycles. The van der Waals surface area contributed by atoms with Crippen LogP contribution in [0.1, 0.15) is 31.9 Å². The number of hydrogen-bond donors (Lipinski definition) is 2. The zero-order chi connectivity index (χ0) is 12.8. The summed E-state index contributed by atoms with van der Waals surface area (Å²) in [7, 11) is 0. The Kier molecular flexibility index (Phi) is 5.51. The highest BCUT2D eigenvalue weighted by molar-refractivity contribution is 5.20. The Bertz CT molecular complexity index is 357. The van der Waals surface area contributed by atoms with Crippen LogP contribution in [0.4, 0.5) is 8.78 Å². The SMILES string of the molecule is CC(CCO)CNC(C)c1ccc(F)c(F)c1. The molecule has 2 N–H and O–H groups in total. The maximum Gasteiger partial charge on any atom is 0.159 e. The minimum atomic E-state index is -0.824. The van der Waals surface area contributed by atoms with Gasteiger partial charge in [-0.3, -0.25) is 0 Å². The first-order chi connectivity index (χ1) is 8.04. The molecule has 96 valence electrons. The molecular formula is C13H19F2NO. The first-order valence-corrected chi connectivity index (χ1v) is 5.83. The molecule has 17 heavy (non-hydrogen) atoms. The normalized spacial score (nSPS) is 14.6. The summed E-state index contributed by atoms with van der Waals surface area (Å²) < 4.78 is 25.8. The third-order valence-corrected chi connectivity index (χ3v) is 2.84. The molecule has 1 aromatic carbocycles. The van der Waals surface area contributed by atoms with Crippen molar-refractivity contribution in [2.75, 3.05) is 13.2 Å². The van der Waals surface area contributed by atoms with Gasteiger partial charge in [0.05, 0.1) is 0 Å². The van der Waals surface area contributed by atoms with Crippen LogP contribution in [-0.4, -0.2) is 18.3 Å². The van der Waals surface area contributed by atoms with Crippen LogP contribution in [0.15, 0.2) is 18.2 Å². The van der Waals surface area contributed by atoms with Crippen molar-refractivity contribution in [3.05, 3.63) is 35.4 Å². The molecular weight excluding hydrogens is 224 g/mol. The molecule has 0 aliphatic rings. The number of benzene rings is 1. The van der Waals surface area contributed by atoms with Gasteiger partial charge in [-0.1, -0.05) is 13.0 Å². The highest BCUT2D eigenvalue weighted by atomic mass is 19.2. The van der Waals surface area contributed by atoms with Crippen molar-refractivity contribution in [2.45, 2.75) is 26.3 Å². The number of hydrogen-bond acceptors (Lipinski definition) is 2. The first-order valence-electron chi connectivity index (χ1n) is 5.83. The van der Waals surface area contributed by atoms with Crippen molar-refractivity contribution >= 4 is 0 Å². The van der Waals surface area contributed by atoms with E-state index in [1.54, 1.807) is 6.07 Å². The van der Waals surface area contributed by atoms with E-state index in [-0.39, 0.29) is 12.6 Å². The van der Waals surface area contributed by atoms with Crippen LogP contribution in [0.25, 0.3) is 0 Å². The quantitative estimate of drug-likeness (QED) is 0.805. The summed E-state index contributed by atoms with van der Waals surface area (Å²) in [4.78, 5) is 0. The number of aliphatic hydroxyl groups is 1. The average Bonchev–Trinajstić information content (AvgIpc) is 2.30. The molecule has 2 atom stereocenters. The van der Waals surface area contributed by atoms with Gasteiger partial charge in [0.1, 0.15) is 0 Å². The summed E-state index contributed by atoms with van der Waals surface area (Å²) in [6.07, 6.45) is 0.734. The van der Waals surface area contributed by atoms with Gasteiger partial charge in [0, 0.05) is 12.6 Å². The zero-order valence-corrected chi connectivity index (χ0v) is 10.2. The number of nitrogens with one attached hydrogen (secondary N) is 1. The van der Waals surface area contributed by atoms with E-state index in [0.29, 0.717) is 5.92 Å². The Labute approximate surface area is 101 Å². The minimum Gasteiger partial charge on any atom is -0.396 e. The van der Waals surface area contributed by atoms with E-state index in [9.17, 15) is 8.78 Å². The number of aliphatic hydroxyl groups excluding tert-OH is 1. The standard InChI is InChI=1S/C13H19F2NO/c1-9(5-6-17)8-16-10(2)11-3-4-12(14)13(15)7-11/h3-4,7,9-10,16-17H,5-6,8H2,1-2H3. The monoisotopic (exact) mass is 243 g/mol. The van der Waals surface area contributed by atoms with Gasteiger partial charge >= 0.3 is 0 Å². The summed E-state index contributed by atoms with van der Waals surface area (Å²) in [6.45, 7) is 4.84. The summed E-state index contributed by atoms with van der Waals surface area (Å²) >= 11 is 0. The molecule has 0 spiro atoms. The number of halogens is 2. The van der Waals surface area contributed by atoms with E-state index >= 15 is 0 Å². The Balaban J connectivity index is 2.52. The molecule has 0 amide bonds. The maximum atomic E-state index is 13.0. The van der Waals surface area contributed by atoms with Crippen LogP contribution in [0, 0.1) is 17.6 Å². The van der Waals surface area contributed by atoms with E-state index in [0.717, 1.165) is 24.6 Å². The van der Waals surface area contributed by atoms with Gasteiger partial charge in [0.25, 0.3) is 0 Å². The molecule has 0 radical (unpaired) electrons. The fraction of sp³-hybridized carbons (Fsp3) is 0.538. The van der Waals surface area contributed by atoms with Gasteiger partial charge < -0.3 is 10.4 Å². The second kappa shape index (κ2) is 6.67. The molecule has 2 nitrogen and oxygen atoms in total. The van der Waals surface area contributed by atoms with Crippen molar-refractivity contribution in [3.63, 3.8) is 0 Å². The van der Waals surface area contributed by atoms with Gasteiger partial charge in [0.2, 0.25) is 0 Å². The Morgan fingerprint density at radius 2 is 1.94 bits per heavy atom. The van der Waals surface area contributed by atoms with E-state index in [1.165, 1.54) is 6.07 Å². The summed E-state index contributed by atoms with van der Waals surface area (Å²) in [5, 5.41) is 12.0. The van der Waals surface area contributed by atoms with Crippen LogP contribution < -0.4 is 5.32 Å². The predicted octanol–water partition coefficient (Wildman–Crippen LogP) is 2.63. The van der Waals surface area contributed by atoms with Gasteiger partial charge in [-0.15, -0.1) is 0 Å². The fourth-order valence-corrected chi connectivity index (χ4v) is 1.60. The second-order valence-corrected chi connectivity index (χ2v) is 4.42. The number of rotatable bonds is 6. The van der Waals surface area contributed by atoms with Crippen LogP contribution in [0.3, 0.4) is 0 Å². The summed E-state index contributed by atoms with van der Waals surface area (Å²) in [5.74, 6) is -1.29. The Hall–Kier alpha value is -1.00. The van der Waals surface area contributed by atoms with Crippen LogP contribution in [0.2, 0.25) is 0 Å². The molecule has 1 rings (SSSR count). The van der Waals surface area contributed by atoms with Crippen LogP contribution in [0.5, 0.6) is 0 Å². The van der Waals surface area contributed by atoms with Crippen molar-refractivity contribution < 1.29 is 13.9 Å². The molecule has 4 heteroatoms. The topological polar surface area (TPSA) is 32.3 Å². The van der Waals surface area contributed by atoms with Crippen molar-refractivity contribution in [3.8, 4) is 0 Å². The lowest BCUT2D eigenvalue weighted by molar-refractivity contribution is 0.258. The molecule has 0 bridgehead atoms. The average molecular weight is 243 g/mol. The third kappa shape index (κ3) is 4.40. The molecule has 0 aliphatic heterocycles. The maximum absolute atomic E-state index is 13.0. The highest BCUT2D eigenvalue weighted by Gasteiger charge is 2.10. The molecule has 1 aromatic rings. The lowest BCUT2D eigenvalue weighted by atomic mass is 10.1. The van der Waals surface area contributed by atoms with E-state index in [2.05, 4.69) is 5.32 Å². The van der Waals surface area contributed by atoms with Crippen molar-refractivity contribution in [1.29, 1.82) is 0 Å². The van der Waals surface area contributed by atoms with E-state index in [1.807, 2.05) is 13.8 Å². The molecule has 0 saturated carbocycles. The zero-order valence-electron chi connectivity index (χ0n) is 10.2.